The van der Waals surface area contributed by atoms with Gasteiger partial charge in [0.25, 0.3) is 0 Å². The summed E-state index contributed by atoms with van der Waals surface area (Å²) in [5, 5.41) is 28.9. The van der Waals surface area contributed by atoms with Crippen LogP contribution in [0.3, 0.4) is 0 Å². The van der Waals surface area contributed by atoms with Crippen LogP contribution in [-0.2, 0) is 54.1 Å². The lowest BCUT2D eigenvalue weighted by Gasteiger charge is -2.42. The van der Waals surface area contributed by atoms with E-state index in [4.69, 9.17) is 18.9 Å². The van der Waals surface area contributed by atoms with Gasteiger partial charge in [0.1, 0.15) is 35.5 Å². The smallest absolute Gasteiger partial charge is 0.407 e. The molecule has 19 nitrogen and oxygen atoms in total. The predicted octanol–water partition coefficient (Wildman–Crippen LogP) is 4.00. The van der Waals surface area contributed by atoms with Crippen molar-refractivity contribution in [2.75, 3.05) is 46.4 Å². The number of carbonyl (C=O) groups is 7. The molecule has 2 aliphatic heterocycles. The Bertz CT molecular complexity index is 2110. The normalized spacial score (nSPS) is 24.8. The molecule has 4 rings (SSSR count). The third-order valence-corrected chi connectivity index (χ3v) is 14.8. The van der Waals surface area contributed by atoms with Crippen LogP contribution in [0.1, 0.15) is 127 Å². The van der Waals surface area contributed by atoms with Gasteiger partial charge in [-0.2, -0.15) is 0 Å². The lowest BCUT2D eigenvalue weighted by atomic mass is 9.64. The molecule has 0 bridgehead atoms. The number of hydrogen-bond donors (Lipinski definition) is 8. The third kappa shape index (κ3) is 17.5. The summed E-state index contributed by atoms with van der Waals surface area (Å²) in [5.41, 5.74) is -0.955. The Morgan fingerprint density at radius 1 is 0.824 bits per heavy atom. The van der Waals surface area contributed by atoms with E-state index < -0.39 is 95.5 Å². The van der Waals surface area contributed by atoms with E-state index in [9.17, 15) is 38.7 Å². The Morgan fingerprint density at radius 3 is 2.05 bits per heavy atom. The van der Waals surface area contributed by atoms with E-state index in [0.717, 1.165) is 12.0 Å². The molecule has 0 radical (unpaired) electrons. The predicted molar refractivity (Wildman–Crippen MR) is 280 cm³/mol. The van der Waals surface area contributed by atoms with Gasteiger partial charge < -0.3 is 61.3 Å². The number of amides is 7. The number of benzene rings is 1. The molecule has 0 aromatic heterocycles. The van der Waals surface area contributed by atoms with E-state index >= 15 is 0 Å². The molecule has 1 aromatic carbocycles. The lowest BCUT2D eigenvalue weighted by Crippen LogP contribution is -2.57. The molecule has 2 heterocycles. The fraction of sp³-hybridized carbons (Fsp3) is 0.727. The van der Waals surface area contributed by atoms with Crippen molar-refractivity contribution < 1.29 is 57.6 Å². The quantitative estimate of drug-likeness (QED) is 0.0322. The molecule has 11 atom stereocenters. The van der Waals surface area contributed by atoms with Crippen LogP contribution in [-0.4, -0.2) is 141 Å². The van der Waals surface area contributed by atoms with Crippen molar-refractivity contribution in [3.05, 3.63) is 47.5 Å². The number of aliphatic hydroxyl groups excluding tert-OH is 1. The van der Waals surface area contributed by atoms with E-state index in [2.05, 4.69) is 64.1 Å². The van der Waals surface area contributed by atoms with E-state index in [1.54, 1.807) is 45.2 Å². The van der Waals surface area contributed by atoms with Gasteiger partial charge in [-0.25, -0.2) is 4.79 Å². The van der Waals surface area contributed by atoms with Gasteiger partial charge >= 0.3 is 6.09 Å². The van der Waals surface area contributed by atoms with E-state index in [1.807, 2.05) is 54.5 Å². The first-order valence-electron chi connectivity index (χ1n) is 26.5. The van der Waals surface area contributed by atoms with E-state index in [-0.39, 0.29) is 80.2 Å². The number of carbonyl (C=O) groups excluding carboxylic acids is 7. The molecule has 19 heteroatoms. The second-order valence-electron chi connectivity index (χ2n) is 23.0. The Balaban J connectivity index is 1.30. The van der Waals surface area contributed by atoms with Crippen LogP contribution < -0.4 is 37.2 Å². The number of nitrogens with one attached hydrogen (secondary N) is 7. The van der Waals surface area contributed by atoms with Crippen LogP contribution in [0.25, 0.3) is 0 Å². The number of hydrogen-bond acceptors (Lipinski definition) is 12. The minimum absolute atomic E-state index is 0.0109. The first-order chi connectivity index (χ1) is 34.7. The maximum absolute atomic E-state index is 14.1. The summed E-state index contributed by atoms with van der Waals surface area (Å²) in [5.74, 6) is -3.43. The molecule has 1 saturated carbocycles. The van der Waals surface area contributed by atoms with Crippen LogP contribution in [0.2, 0.25) is 0 Å². The maximum atomic E-state index is 14.1. The van der Waals surface area contributed by atoms with Gasteiger partial charge in [-0.15, -0.1) is 0 Å². The number of allylic oxidation sites excluding steroid dienone is 1. The summed E-state index contributed by atoms with van der Waals surface area (Å²) < 4.78 is 24.1. The van der Waals surface area contributed by atoms with Crippen LogP contribution in [0.5, 0.6) is 0 Å². The van der Waals surface area contributed by atoms with Gasteiger partial charge in [-0.3, -0.25) is 28.8 Å². The van der Waals surface area contributed by atoms with Crippen molar-refractivity contribution in [3.8, 4) is 0 Å². The van der Waals surface area contributed by atoms with Crippen molar-refractivity contribution >= 4 is 41.5 Å². The zero-order valence-corrected chi connectivity index (χ0v) is 46.4. The van der Waals surface area contributed by atoms with Gasteiger partial charge in [-0.1, -0.05) is 97.4 Å². The molecule has 416 valence electrons. The molecule has 6 unspecified atom stereocenters. The average molecular weight is 1040 g/mol. The van der Waals surface area contributed by atoms with Crippen molar-refractivity contribution in [2.45, 2.75) is 176 Å². The molecule has 2 saturated heterocycles. The van der Waals surface area contributed by atoms with E-state index in [0.29, 0.717) is 25.9 Å². The minimum Gasteiger partial charge on any atom is -0.443 e. The average Bonchev–Trinajstić information content (AvgIpc) is 4.25. The number of methoxy groups -OCH3 is 1. The number of aliphatic hydroxyl groups is 1. The van der Waals surface area contributed by atoms with Crippen LogP contribution in [0.4, 0.5) is 4.79 Å². The number of rotatable bonds is 29. The van der Waals surface area contributed by atoms with Crippen molar-refractivity contribution in [1.82, 2.24) is 37.2 Å². The van der Waals surface area contributed by atoms with Gasteiger partial charge in [0, 0.05) is 44.0 Å². The SMILES string of the molecule is COC1C(OC(=O)NCCNC(=O)CNC(=O)[C@H](CC(C)C)NC(=O)[C@H](Cc2ccccc2)NC(=O)CNC(=O)C(C)(CC(C)(CC(C)C)C(=O)NCC(C)O)C(C)C)CC[C@]2(CO2)C1[C@]1(C)O[C@@H]1CC=C(C)C. The zero-order chi connectivity index (χ0) is 55.2. The minimum atomic E-state index is -1.15. The lowest BCUT2D eigenvalue weighted by molar-refractivity contribution is -0.142. The number of epoxide rings is 2. The fourth-order valence-electron chi connectivity index (χ4n) is 10.6. The molecule has 3 aliphatic rings. The highest BCUT2D eigenvalue weighted by molar-refractivity contribution is 5.95. The van der Waals surface area contributed by atoms with Crippen molar-refractivity contribution in [3.63, 3.8) is 0 Å². The fourth-order valence-corrected chi connectivity index (χ4v) is 10.6. The Labute approximate surface area is 439 Å². The Morgan fingerprint density at radius 2 is 1.47 bits per heavy atom. The Kier molecular flexibility index (Phi) is 22.5. The molecular formula is C55H89N7O12. The molecule has 3 fully saturated rings. The third-order valence-electron chi connectivity index (χ3n) is 14.8. The molecule has 8 N–H and O–H groups in total. The number of ether oxygens (including phenoxy) is 4. The van der Waals surface area contributed by atoms with Crippen LogP contribution >= 0.6 is 0 Å². The van der Waals surface area contributed by atoms with Crippen molar-refractivity contribution in [1.29, 1.82) is 0 Å². The number of alkyl carbamates (subject to hydrolysis) is 1. The zero-order valence-electron chi connectivity index (χ0n) is 46.4. The standard InChI is InChI=1S/C55H89N7O12/c1-33(2)19-20-42-54(12,74-42)46-45(71-13)41(21-22-55(46)32-72-55)73-51(70)57-24-23-56-43(64)29-58-47(66)39(25-34(3)4)62-48(67)40(26-38-17-15-14-16-18-38)61-44(65)30-60-50(69)53(11,36(7)8)31-52(10,27-35(5)6)49(68)59-28-37(9)63/h14-19,34-37,39-42,45-46,63H,20-32H2,1-13H3,(H,56,64)(H,57,70)(H,58,66)(H,59,68)(H,60,69)(H,61,65)(H,62,67)/t37?,39-,40-,41?,42+,45?,46?,52?,53?,54+,55-/m0/s1. The highest BCUT2D eigenvalue weighted by Crippen LogP contribution is 2.59. The molecular weight excluding hydrogens is 951 g/mol. The molecule has 7 amide bonds. The molecule has 1 spiro atoms. The second-order valence-corrected chi connectivity index (χ2v) is 23.0. The van der Waals surface area contributed by atoms with Crippen molar-refractivity contribution in [2.24, 2.45) is 34.5 Å². The molecule has 74 heavy (non-hydrogen) atoms. The summed E-state index contributed by atoms with van der Waals surface area (Å²) in [6.45, 7) is 22.8. The van der Waals surface area contributed by atoms with Gasteiger partial charge in [0.05, 0.1) is 37.8 Å². The molecule has 1 aromatic rings. The summed E-state index contributed by atoms with van der Waals surface area (Å²) >= 11 is 0. The summed E-state index contributed by atoms with van der Waals surface area (Å²) in [6.07, 6.45) is 2.76. The second kappa shape index (κ2) is 27.1. The summed E-state index contributed by atoms with van der Waals surface area (Å²) in [6, 6.07) is 6.80. The largest absolute Gasteiger partial charge is 0.443 e. The first kappa shape index (κ1) is 61.4. The van der Waals surface area contributed by atoms with Crippen LogP contribution in [0, 0.1) is 34.5 Å². The Hall–Kier alpha value is -5.11. The maximum Gasteiger partial charge on any atom is 0.407 e. The van der Waals surface area contributed by atoms with Crippen LogP contribution in [0.15, 0.2) is 42.0 Å². The van der Waals surface area contributed by atoms with Gasteiger partial charge in [0.15, 0.2) is 0 Å². The summed E-state index contributed by atoms with van der Waals surface area (Å²) in [7, 11) is 1.61. The monoisotopic (exact) mass is 1040 g/mol. The molecule has 1 aliphatic carbocycles. The van der Waals surface area contributed by atoms with E-state index in [1.165, 1.54) is 5.57 Å². The highest BCUT2D eigenvalue weighted by Gasteiger charge is 2.72. The topological polar surface area (TPSA) is 267 Å². The highest BCUT2D eigenvalue weighted by atomic mass is 16.6. The van der Waals surface area contributed by atoms with Gasteiger partial charge in [-0.05, 0) is 89.5 Å². The first-order valence-corrected chi connectivity index (χ1v) is 26.5. The van der Waals surface area contributed by atoms with Gasteiger partial charge in [0.2, 0.25) is 35.4 Å². The summed E-state index contributed by atoms with van der Waals surface area (Å²) in [4.78, 5) is 94.8.